The Bertz CT molecular complexity index is 257. The van der Waals surface area contributed by atoms with Crippen molar-refractivity contribution in [3.63, 3.8) is 0 Å². The van der Waals surface area contributed by atoms with E-state index in [9.17, 15) is 21.6 Å². The molecule has 1 saturated heterocycles. The molecule has 0 N–H and O–H groups in total. The third-order valence-corrected chi connectivity index (χ3v) is 3.11. The Balaban J connectivity index is 2.86. The molecule has 2 atom stereocenters. The van der Waals surface area contributed by atoms with Crippen molar-refractivity contribution in [2.24, 2.45) is 0 Å². The molecule has 0 radical (unpaired) electrons. The molecular weight excluding hydrogens is 183 g/mol. The Hall–Kier alpha value is -0.300. The van der Waals surface area contributed by atoms with Gasteiger partial charge in [-0.1, -0.05) is 0 Å². The maximum Gasteiger partial charge on any atom is 0.511 e. The second kappa shape index (κ2) is 2.10. The summed E-state index contributed by atoms with van der Waals surface area (Å²) in [6.07, 6.45) is 0. The van der Waals surface area contributed by atoms with Crippen molar-refractivity contribution in [1.29, 1.82) is 0 Å². The molecule has 1 unspecified atom stereocenters. The highest BCUT2D eigenvalue weighted by Crippen LogP contribution is 2.33. The Labute approximate surface area is 61.8 Å². The first kappa shape index (κ1) is 8.79. The highest BCUT2D eigenvalue weighted by molar-refractivity contribution is 7.90. The van der Waals surface area contributed by atoms with Crippen molar-refractivity contribution < 1.29 is 21.6 Å². The zero-order valence-electron chi connectivity index (χ0n) is 5.59. The summed E-state index contributed by atoms with van der Waals surface area (Å²) in [6, 6.07) is -0.498. The molecule has 66 valence electrons. The summed E-state index contributed by atoms with van der Waals surface area (Å²) in [5.74, 6) is 0. The van der Waals surface area contributed by atoms with Crippen LogP contribution in [-0.4, -0.2) is 30.8 Å². The Kier molecular flexibility index (Phi) is 1.68. The van der Waals surface area contributed by atoms with Gasteiger partial charge in [-0.05, 0) is 6.92 Å². The van der Waals surface area contributed by atoms with E-state index in [0.717, 1.165) is 0 Å². The molecule has 1 aliphatic rings. The monoisotopic (exact) mass is 189 g/mol. The minimum absolute atomic E-state index is 0.0259. The molecule has 0 aliphatic carbocycles. The van der Waals surface area contributed by atoms with E-state index in [4.69, 9.17) is 0 Å². The van der Waals surface area contributed by atoms with Gasteiger partial charge in [0.2, 0.25) is 0 Å². The maximum absolute atomic E-state index is 11.7. The summed E-state index contributed by atoms with van der Waals surface area (Å²) in [6.45, 7) is 1.39. The third-order valence-electron chi connectivity index (χ3n) is 1.40. The van der Waals surface area contributed by atoms with Gasteiger partial charge in [0.15, 0.2) is 0 Å². The highest BCUT2D eigenvalue weighted by atomic mass is 32.2. The van der Waals surface area contributed by atoms with Crippen molar-refractivity contribution in [2.75, 3.05) is 6.54 Å². The smallest absolute Gasteiger partial charge is 0.203 e. The van der Waals surface area contributed by atoms with Gasteiger partial charge < -0.3 is 0 Å². The van der Waals surface area contributed by atoms with Crippen molar-refractivity contribution in [3.05, 3.63) is 0 Å². The Morgan fingerprint density at radius 3 is 1.91 bits per heavy atom. The Morgan fingerprint density at radius 2 is 1.82 bits per heavy atom. The average molecular weight is 189 g/mol. The van der Waals surface area contributed by atoms with Crippen molar-refractivity contribution in [2.45, 2.75) is 18.5 Å². The molecule has 1 fully saturated rings. The van der Waals surface area contributed by atoms with E-state index >= 15 is 0 Å². The fraction of sp³-hybridized carbons (Fsp3) is 1.00. The summed E-state index contributed by atoms with van der Waals surface area (Å²) in [7, 11) is -5.02. The lowest BCUT2D eigenvalue weighted by molar-refractivity contribution is -0.0466. The second-order valence-corrected chi connectivity index (χ2v) is 4.25. The van der Waals surface area contributed by atoms with Gasteiger partial charge in [0.1, 0.15) is 0 Å². The van der Waals surface area contributed by atoms with E-state index in [-0.39, 0.29) is 6.54 Å². The zero-order chi connectivity index (χ0) is 8.86. The molecule has 0 aromatic carbocycles. The minimum atomic E-state index is -5.14. The first-order valence-corrected chi connectivity index (χ1v) is 4.29. The summed E-state index contributed by atoms with van der Waals surface area (Å²) in [5.41, 5.74) is -5.14. The second-order valence-electron chi connectivity index (χ2n) is 2.37. The van der Waals surface area contributed by atoms with Gasteiger partial charge >= 0.3 is 15.5 Å². The van der Waals surface area contributed by atoms with Gasteiger partial charge in [0.25, 0.3) is 0 Å². The van der Waals surface area contributed by atoms with Gasteiger partial charge in [0, 0.05) is 12.6 Å². The van der Waals surface area contributed by atoms with Gasteiger partial charge in [0.05, 0.1) is 0 Å². The minimum Gasteiger partial charge on any atom is -0.203 e. The van der Waals surface area contributed by atoms with Crippen LogP contribution in [0.4, 0.5) is 13.2 Å². The number of sulfonamides is 1. The standard InChI is InChI=1S/C4H6F3NO2S/c1-3-2-8(3)11(9,10)4(5,6)7/h3H,2H2,1H3/t3-,8?/m0/s1. The van der Waals surface area contributed by atoms with Crippen LogP contribution in [0.5, 0.6) is 0 Å². The van der Waals surface area contributed by atoms with E-state index in [1.165, 1.54) is 6.92 Å². The van der Waals surface area contributed by atoms with Crippen LogP contribution in [0.25, 0.3) is 0 Å². The predicted molar refractivity (Wildman–Crippen MR) is 31.1 cm³/mol. The van der Waals surface area contributed by atoms with Crippen LogP contribution in [0, 0.1) is 0 Å². The summed E-state index contributed by atoms with van der Waals surface area (Å²) in [5, 5.41) is 0. The van der Waals surface area contributed by atoms with Crippen molar-refractivity contribution in [1.82, 2.24) is 4.31 Å². The molecule has 0 amide bonds. The van der Waals surface area contributed by atoms with E-state index in [0.29, 0.717) is 4.31 Å². The summed E-state index contributed by atoms with van der Waals surface area (Å²) < 4.78 is 56.3. The lowest BCUT2D eigenvalue weighted by Crippen LogP contribution is -2.30. The third kappa shape index (κ3) is 1.34. The lowest BCUT2D eigenvalue weighted by Gasteiger charge is -2.07. The van der Waals surface area contributed by atoms with Crippen LogP contribution in [-0.2, 0) is 10.0 Å². The van der Waals surface area contributed by atoms with Crippen LogP contribution in [0.15, 0.2) is 0 Å². The normalized spacial score (nSPS) is 32.0. The molecule has 0 bridgehead atoms. The molecule has 0 saturated carbocycles. The zero-order valence-corrected chi connectivity index (χ0v) is 6.41. The number of hydrogen-bond donors (Lipinski definition) is 0. The summed E-state index contributed by atoms with van der Waals surface area (Å²) in [4.78, 5) is 0. The number of rotatable bonds is 1. The summed E-state index contributed by atoms with van der Waals surface area (Å²) >= 11 is 0. The van der Waals surface area contributed by atoms with Crippen molar-refractivity contribution in [3.8, 4) is 0 Å². The van der Waals surface area contributed by atoms with Gasteiger partial charge in [-0.15, -0.1) is 0 Å². The van der Waals surface area contributed by atoms with E-state index in [1.54, 1.807) is 0 Å². The number of alkyl halides is 3. The number of hydrogen-bond acceptors (Lipinski definition) is 2. The lowest BCUT2D eigenvalue weighted by atomic mass is 10.6. The van der Waals surface area contributed by atoms with Crippen LogP contribution >= 0.6 is 0 Å². The van der Waals surface area contributed by atoms with E-state index < -0.39 is 21.6 Å². The quantitative estimate of drug-likeness (QED) is 0.564. The van der Waals surface area contributed by atoms with Gasteiger partial charge in [-0.25, -0.2) is 8.42 Å². The molecule has 0 aromatic rings. The molecule has 1 aliphatic heterocycles. The number of halogens is 3. The van der Waals surface area contributed by atoms with Crippen molar-refractivity contribution >= 4 is 10.0 Å². The van der Waals surface area contributed by atoms with Crippen LogP contribution in [0.2, 0.25) is 0 Å². The largest absolute Gasteiger partial charge is 0.511 e. The van der Waals surface area contributed by atoms with Crippen LogP contribution < -0.4 is 0 Å². The fourth-order valence-electron chi connectivity index (χ4n) is 0.681. The topological polar surface area (TPSA) is 37.1 Å². The van der Waals surface area contributed by atoms with Crippen LogP contribution in [0.3, 0.4) is 0 Å². The first-order chi connectivity index (χ1) is 4.77. The molecular formula is C4H6F3NO2S. The van der Waals surface area contributed by atoms with Gasteiger partial charge in [-0.2, -0.15) is 17.5 Å². The molecule has 3 nitrogen and oxygen atoms in total. The highest BCUT2D eigenvalue weighted by Gasteiger charge is 2.56. The molecule has 0 spiro atoms. The average Bonchev–Trinajstić information content (AvgIpc) is 2.43. The molecule has 11 heavy (non-hydrogen) atoms. The Morgan fingerprint density at radius 1 is 1.45 bits per heavy atom. The van der Waals surface area contributed by atoms with Gasteiger partial charge in [-0.3, -0.25) is 0 Å². The molecule has 1 heterocycles. The SMILES string of the molecule is C[C@H]1CN1S(=O)(=O)C(F)(F)F. The van der Waals surface area contributed by atoms with E-state index in [1.807, 2.05) is 0 Å². The van der Waals surface area contributed by atoms with E-state index in [2.05, 4.69) is 0 Å². The molecule has 0 aromatic heterocycles. The number of nitrogens with zero attached hydrogens (tertiary/aromatic N) is 1. The maximum atomic E-state index is 11.7. The molecule has 7 heteroatoms. The fourth-order valence-corrected chi connectivity index (χ4v) is 1.83. The molecule has 1 rings (SSSR count). The predicted octanol–water partition coefficient (Wildman–Crippen LogP) is 0.540. The first-order valence-electron chi connectivity index (χ1n) is 2.85. The van der Waals surface area contributed by atoms with Crippen LogP contribution in [0.1, 0.15) is 6.92 Å².